The number of halogens is 1. The van der Waals surface area contributed by atoms with Gasteiger partial charge in [0, 0.05) is 17.6 Å². The fraction of sp³-hybridized carbons (Fsp3) is 0.450. The molecule has 1 aliphatic rings. The summed E-state index contributed by atoms with van der Waals surface area (Å²) >= 11 is 6.20. The van der Waals surface area contributed by atoms with Crippen molar-refractivity contribution in [3.05, 3.63) is 45.4 Å². The van der Waals surface area contributed by atoms with Crippen molar-refractivity contribution in [2.24, 2.45) is 0 Å². The molecule has 0 aliphatic carbocycles. The topological polar surface area (TPSA) is 76.6 Å². The Kier molecular flexibility index (Phi) is 6.05. The summed E-state index contributed by atoms with van der Waals surface area (Å²) in [6, 6.07) is 3.85. The second-order valence-corrected chi connectivity index (χ2v) is 7.24. The molecule has 7 nitrogen and oxygen atoms in total. The molecule has 0 spiro atoms. The van der Waals surface area contributed by atoms with Crippen LogP contribution in [-0.2, 0) is 16.1 Å². The molecule has 150 valence electrons. The molecule has 1 atom stereocenters. The SMILES string of the molecule is CCC(OC(=O)NC)c1nc(C)nc2c1COCN2c1c(C)cc(Cl)cc1C. The third kappa shape index (κ3) is 3.91. The molecule has 1 aliphatic heterocycles. The third-order valence-corrected chi connectivity index (χ3v) is 4.92. The Morgan fingerprint density at radius 2 is 2.00 bits per heavy atom. The van der Waals surface area contributed by atoms with Crippen LogP contribution in [0, 0.1) is 20.8 Å². The minimum atomic E-state index is -0.491. The molecule has 0 radical (unpaired) electrons. The summed E-state index contributed by atoms with van der Waals surface area (Å²) in [5, 5.41) is 3.19. The number of aromatic nitrogens is 2. The highest BCUT2D eigenvalue weighted by atomic mass is 35.5. The summed E-state index contributed by atoms with van der Waals surface area (Å²) in [6.45, 7) is 8.56. The number of amides is 1. The molecule has 1 amide bonds. The predicted molar refractivity (Wildman–Crippen MR) is 108 cm³/mol. The van der Waals surface area contributed by atoms with Crippen LogP contribution in [0.3, 0.4) is 0 Å². The maximum absolute atomic E-state index is 11.8. The van der Waals surface area contributed by atoms with Crippen LogP contribution in [0.5, 0.6) is 0 Å². The molecule has 2 aromatic rings. The number of rotatable bonds is 4. The number of nitrogens with one attached hydrogen (secondary N) is 1. The van der Waals surface area contributed by atoms with E-state index in [1.807, 2.05) is 44.7 Å². The van der Waals surface area contributed by atoms with Crippen molar-refractivity contribution < 1.29 is 14.3 Å². The lowest BCUT2D eigenvalue weighted by molar-refractivity contribution is 0.0861. The van der Waals surface area contributed by atoms with Crippen molar-refractivity contribution in [1.29, 1.82) is 0 Å². The van der Waals surface area contributed by atoms with E-state index >= 15 is 0 Å². The first kappa shape index (κ1) is 20.4. The van der Waals surface area contributed by atoms with Crippen LogP contribution < -0.4 is 10.2 Å². The number of hydrogen-bond acceptors (Lipinski definition) is 6. The lowest BCUT2D eigenvalue weighted by Crippen LogP contribution is -2.31. The van der Waals surface area contributed by atoms with Gasteiger partial charge in [-0.1, -0.05) is 18.5 Å². The second-order valence-electron chi connectivity index (χ2n) is 6.80. The number of hydrogen-bond donors (Lipinski definition) is 1. The monoisotopic (exact) mass is 404 g/mol. The molecule has 3 rings (SSSR count). The molecule has 0 bridgehead atoms. The van der Waals surface area contributed by atoms with Gasteiger partial charge in [-0.25, -0.2) is 14.8 Å². The van der Waals surface area contributed by atoms with E-state index in [0.29, 0.717) is 36.3 Å². The van der Waals surface area contributed by atoms with E-state index in [1.165, 1.54) is 7.05 Å². The molecule has 0 saturated heterocycles. The van der Waals surface area contributed by atoms with E-state index in [0.717, 1.165) is 28.2 Å². The van der Waals surface area contributed by atoms with Crippen molar-refractivity contribution in [1.82, 2.24) is 15.3 Å². The zero-order chi connectivity index (χ0) is 20.4. The maximum Gasteiger partial charge on any atom is 0.407 e. The van der Waals surface area contributed by atoms with Crippen molar-refractivity contribution >= 4 is 29.2 Å². The summed E-state index contributed by atoms with van der Waals surface area (Å²) in [5.41, 5.74) is 4.60. The Morgan fingerprint density at radius 1 is 1.32 bits per heavy atom. The van der Waals surface area contributed by atoms with Crippen LogP contribution in [-0.4, -0.2) is 29.8 Å². The second kappa shape index (κ2) is 8.32. The molecule has 1 unspecified atom stereocenters. The molecule has 8 heteroatoms. The van der Waals surface area contributed by atoms with Gasteiger partial charge in [0.15, 0.2) is 0 Å². The van der Waals surface area contributed by atoms with Gasteiger partial charge in [-0.2, -0.15) is 0 Å². The largest absolute Gasteiger partial charge is 0.440 e. The van der Waals surface area contributed by atoms with E-state index < -0.39 is 12.2 Å². The van der Waals surface area contributed by atoms with Crippen LogP contribution in [0.15, 0.2) is 12.1 Å². The average molecular weight is 405 g/mol. The average Bonchev–Trinajstić information content (AvgIpc) is 2.64. The molecule has 1 aromatic carbocycles. The van der Waals surface area contributed by atoms with Gasteiger partial charge in [0.25, 0.3) is 0 Å². The molecular formula is C20H25ClN4O3. The number of fused-ring (bicyclic) bond motifs is 1. The van der Waals surface area contributed by atoms with E-state index in [1.54, 1.807) is 0 Å². The lowest BCUT2D eigenvalue weighted by atomic mass is 10.0. The van der Waals surface area contributed by atoms with Crippen molar-refractivity contribution in [3.63, 3.8) is 0 Å². The third-order valence-electron chi connectivity index (χ3n) is 4.71. The zero-order valence-electron chi connectivity index (χ0n) is 16.8. The summed E-state index contributed by atoms with van der Waals surface area (Å²) in [5.74, 6) is 1.39. The van der Waals surface area contributed by atoms with Gasteiger partial charge in [-0.15, -0.1) is 0 Å². The Bertz CT molecular complexity index is 880. The van der Waals surface area contributed by atoms with E-state index in [2.05, 4.69) is 10.3 Å². The summed E-state index contributed by atoms with van der Waals surface area (Å²) in [7, 11) is 1.53. The highest BCUT2D eigenvalue weighted by Crippen LogP contribution is 2.39. The Morgan fingerprint density at radius 3 is 2.61 bits per heavy atom. The van der Waals surface area contributed by atoms with Crippen LogP contribution >= 0.6 is 11.6 Å². The molecule has 0 fully saturated rings. The number of carbonyl (C=O) groups is 1. The van der Waals surface area contributed by atoms with Gasteiger partial charge < -0.3 is 19.7 Å². The fourth-order valence-electron chi connectivity index (χ4n) is 3.55. The van der Waals surface area contributed by atoms with Gasteiger partial charge >= 0.3 is 6.09 Å². The van der Waals surface area contributed by atoms with Crippen molar-refractivity contribution in [3.8, 4) is 0 Å². The number of anilines is 2. The molecule has 0 saturated carbocycles. The van der Waals surface area contributed by atoms with Crippen molar-refractivity contribution in [2.45, 2.75) is 46.8 Å². The smallest absolute Gasteiger partial charge is 0.407 e. The fourth-order valence-corrected chi connectivity index (χ4v) is 3.88. The summed E-state index contributed by atoms with van der Waals surface area (Å²) in [6.07, 6.45) is -0.379. The first-order chi connectivity index (χ1) is 13.3. The summed E-state index contributed by atoms with van der Waals surface area (Å²) < 4.78 is 11.4. The molecule has 1 aromatic heterocycles. The van der Waals surface area contributed by atoms with Gasteiger partial charge in [-0.05, 0) is 50.5 Å². The minimum absolute atomic E-state index is 0.362. The van der Waals surface area contributed by atoms with Crippen LogP contribution in [0.2, 0.25) is 5.02 Å². The zero-order valence-corrected chi connectivity index (χ0v) is 17.6. The number of alkyl carbamates (subject to hydrolysis) is 1. The van der Waals surface area contributed by atoms with Crippen LogP contribution in [0.4, 0.5) is 16.3 Å². The Hall–Kier alpha value is -2.38. The van der Waals surface area contributed by atoms with E-state index in [9.17, 15) is 4.79 Å². The van der Waals surface area contributed by atoms with Gasteiger partial charge in [0.1, 0.15) is 24.5 Å². The summed E-state index contributed by atoms with van der Waals surface area (Å²) in [4.78, 5) is 23.1. The molecule has 28 heavy (non-hydrogen) atoms. The quantitative estimate of drug-likeness (QED) is 0.809. The van der Waals surface area contributed by atoms with Crippen LogP contribution in [0.25, 0.3) is 0 Å². The molecule has 2 heterocycles. The number of ether oxygens (including phenoxy) is 2. The minimum Gasteiger partial charge on any atom is -0.440 e. The highest BCUT2D eigenvalue weighted by molar-refractivity contribution is 6.30. The standard InChI is InChI=1S/C20H25ClN4O3/c1-6-16(28-20(26)22-5)17-15-9-27-10-25(19(15)24-13(4)23-17)18-11(2)7-14(21)8-12(18)3/h7-8,16H,6,9-10H2,1-5H3,(H,22,26). The van der Waals surface area contributed by atoms with Gasteiger partial charge in [0.05, 0.1) is 18.0 Å². The number of nitrogens with zero attached hydrogens (tertiary/aromatic N) is 3. The van der Waals surface area contributed by atoms with E-state index in [4.69, 9.17) is 26.1 Å². The van der Waals surface area contributed by atoms with Crippen LogP contribution in [0.1, 0.15) is 47.7 Å². The number of carbonyl (C=O) groups excluding carboxylic acids is 1. The van der Waals surface area contributed by atoms with Crippen molar-refractivity contribution in [2.75, 3.05) is 18.7 Å². The highest BCUT2D eigenvalue weighted by Gasteiger charge is 2.30. The Labute approximate surface area is 170 Å². The predicted octanol–water partition coefficient (Wildman–Crippen LogP) is 4.49. The Balaban J connectivity index is 2.12. The number of benzene rings is 1. The van der Waals surface area contributed by atoms with E-state index in [-0.39, 0.29) is 0 Å². The molecular weight excluding hydrogens is 380 g/mol. The first-order valence-electron chi connectivity index (χ1n) is 9.23. The molecule has 1 N–H and O–H groups in total. The normalized spacial score (nSPS) is 14.4. The van der Waals surface area contributed by atoms with Gasteiger partial charge in [0.2, 0.25) is 0 Å². The first-order valence-corrected chi connectivity index (χ1v) is 9.61. The lowest BCUT2D eigenvalue weighted by Gasteiger charge is -2.34. The van der Waals surface area contributed by atoms with Gasteiger partial charge in [-0.3, -0.25) is 0 Å². The number of aryl methyl sites for hydroxylation is 3. The maximum atomic E-state index is 11.8.